The molecule has 4 rings (SSSR count). The molecule has 0 bridgehead atoms. The van der Waals surface area contributed by atoms with Gasteiger partial charge >= 0.3 is 0 Å². The summed E-state index contributed by atoms with van der Waals surface area (Å²) in [5, 5.41) is 6.81. The summed E-state index contributed by atoms with van der Waals surface area (Å²) in [6.45, 7) is 2.07. The summed E-state index contributed by atoms with van der Waals surface area (Å²) in [5.41, 5.74) is 3.08. The maximum Gasteiger partial charge on any atom is 0.264 e. The van der Waals surface area contributed by atoms with E-state index in [0.717, 1.165) is 11.1 Å². The molecule has 1 N–H and O–H groups in total. The lowest BCUT2D eigenvalue weighted by Crippen LogP contribution is -2.13. The normalized spacial score (nSPS) is 10.5. The molecular formula is C22H18N4O3. The van der Waals surface area contributed by atoms with Gasteiger partial charge in [0.1, 0.15) is 5.75 Å². The Balaban J connectivity index is 1.45. The molecule has 0 atom stereocenters. The molecule has 0 saturated carbocycles. The van der Waals surface area contributed by atoms with Crippen molar-refractivity contribution in [3.05, 3.63) is 90.1 Å². The summed E-state index contributed by atoms with van der Waals surface area (Å²) in [6, 6.07) is 18.3. The lowest BCUT2D eigenvalue weighted by molar-refractivity contribution is 0.102. The van der Waals surface area contributed by atoms with Crippen LogP contribution in [0.5, 0.6) is 5.75 Å². The number of ether oxygens (including phenoxy) is 1. The summed E-state index contributed by atoms with van der Waals surface area (Å²) in [5.74, 6) is 0.962. The Bertz CT molecular complexity index is 1110. The van der Waals surface area contributed by atoms with Gasteiger partial charge in [0.2, 0.25) is 5.82 Å². The highest BCUT2D eigenvalue weighted by Crippen LogP contribution is 2.22. The highest BCUT2D eigenvalue weighted by molar-refractivity contribution is 6.06. The quantitative estimate of drug-likeness (QED) is 0.532. The minimum atomic E-state index is -0.280. The summed E-state index contributed by atoms with van der Waals surface area (Å²) >= 11 is 0. The molecule has 0 fully saturated rings. The van der Waals surface area contributed by atoms with Crippen LogP contribution >= 0.6 is 0 Å². The number of hydrogen-bond acceptors (Lipinski definition) is 6. The van der Waals surface area contributed by atoms with E-state index in [4.69, 9.17) is 9.26 Å². The number of rotatable bonds is 6. The number of aryl methyl sites for hydroxylation is 1. The molecule has 7 nitrogen and oxygen atoms in total. The van der Waals surface area contributed by atoms with Crippen molar-refractivity contribution in [1.82, 2.24) is 15.1 Å². The molecular weight excluding hydrogens is 368 g/mol. The van der Waals surface area contributed by atoms with Crippen LogP contribution in [0.3, 0.4) is 0 Å². The molecule has 29 heavy (non-hydrogen) atoms. The molecule has 0 aliphatic heterocycles. The van der Waals surface area contributed by atoms with Gasteiger partial charge in [-0.05, 0) is 31.2 Å². The van der Waals surface area contributed by atoms with Gasteiger partial charge < -0.3 is 14.6 Å². The maximum atomic E-state index is 12.6. The number of para-hydroxylation sites is 1. The zero-order valence-electron chi connectivity index (χ0n) is 15.7. The fourth-order valence-corrected chi connectivity index (χ4v) is 2.69. The van der Waals surface area contributed by atoms with Crippen LogP contribution in [0, 0.1) is 6.92 Å². The van der Waals surface area contributed by atoms with Crippen molar-refractivity contribution in [3.8, 4) is 17.1 Å². The fraction of sp³-hybridized carbons (Fsp3) is 0.0909. The molecule has 2 aromatic carbocycles. The molecule has 0 aliphatic rings. The molecule has 144 valence electrons. The predicted molar refractivity (Wildman–Crippen MR) is 107 cm³/mol. The number of carbonyl (C=O) groups excluding carboxylic acids is 1. The maximum absolute atomic E-state index is 12.6. The molecule has 0 unspecified atom stereocenters. The van der Waals surface area contributed by atoms with E-state index in [1.807, 2.05) is 31.2 Å². The number of nitrogens with one attached hydrogen (secondary N) is 1. The van der Waals surface area contributed by atoms with Crippen molar-refractivity contribution >= 4 is 11.6 Å². The SMILES string of the molecule is Cc1ccc(-c2noc(COc3ccccc3C(=O)Nc3ccncc3)n2)cc1. The zero-order chi connectivity index (χ0) is 20.1. The third-order valence-corrected chi connectivity index (χ3v) is 4.20. The molecule has 1 amide bonds. The third kappa shape index (κ3) is 4.47. The average molecular weight is 386 g/mol. The van der Waals surface area contributed by atoms with Crippen molar-refractivity contribution in [3.63, 3.8) is 0 Å². The second kappa shape index (κ2) is 8.35. The third-order valence-electron chi connectivity index (χ3n) is 4.20. The van der Waals surface area contributed by atoms with Gasteiger partial charge in [0.25, 0.3) is 11.8 Å². The summed E-state index contributed by atoms with van der Waals surface area (Å²) < 4.78 is 11.1. The Kier molecular flexibility index (Phi) is 5.29. The number of amides is 1. The van der Waals surface area contributed by atoms with Crippen LogP contribution < -0.4 is 10.1 Å². The monoisotopic (exact) mass is 386 g/mol. The Labute approximate surface area is 167 Å². The van der Waals surface area contributed by atoms with E-state index >= 15 is 0 Å². The lowest BCUT2D eigenvalue weighted by Gasteiger charge is -2.10. The van der Waals surface area contributed by atoms with Gasteiger partial charge in [-0.25, -0.2) is 0 Å². The lowest BCUT2D eigenvalue weighted by atomic mass is 10.1. The summed E-state index contributed by atoms with van der Waals surface area (Å²) in [7, 11) is 0. The van der Waals surface area contributed by atoms with E-state index in [1.165, 1.54) is 0 Å². The first-order valence-corrected chi connectivity index (χ1v) is 9.02. The van der Waals surface area contributed by atoms with Crippen LogP contribution in [0.25, 0.3) is 11.4 Å². The molecule has 0 saturated heterocycles. The van der Waals surface area contributed by atoms with E-state index in [9.17, 15) is 4.79 Å². The van der Waals surface area contributed by atoms with Crippen molar-refractivity contribution in [1.29, 1.82) is 0 Å². The predicted octanol–water partition coefficient (Wildman–Crippen LogP) is 4.27. The minimum absolute atomic E-state index is 0.0540. The van der Waals surface area contributed by atoms with E-state index in [-0.39, 0.29) is 12.5 Å². The Hall–Kier alpha value is -4.00. The zero-order valence-corrected chi connectivity index (χ0v) is 15.7. The highest BCUT2D eigenvalue weighted by Gasteiger charge is 2.14. The minimum Gasteiger partial charge on any atom is -0.483 e. The molecule has 0 radical (unpaired) electrons. The number of benzene rings is 2. The average Bonchev–Trinajstić information content (AvgIpc) is 3.23. The van der Waals surface area contributed by atoms with Crippen LogP contribution in [0.4, 0.5) is 5.69 Å². The van der Waals surface area contributed by atoms with Crippen molar-refractivity contribution in [2.45, 2.75) is 13.5 Å². The molecule has 4 aromatic rings. The molecule has 2 heterocycles. The molecule has 0 spiro atoms. The van der Waals surface area contributed by atoms with Crippen LogP contribution in [0.2, 0.25) is 0 Å². The van der Waals surface area contributed by atoms with E-state index in [1.54, 1.807) is 48.8 Å². The van der Waals surface area contributed by atoms with Gasteiger partial charge in [0.15, 0.2) is 6.61 Å². The van der Waals surface area contributed by atoms with Gasteiger partial charge in [0, 0.05) is 23.6 Å². The highest BCUT2D eigenvalue weighted by atomic mass is 16.5. The first-order chi connectivity index (χ1) is 14.2. The van der Waals surface area contributed by atoms with E-state index < -0.39 is 0 Å². The standard InChI is InChI=1S/C22H18N4O3/c1-15-6-8-16(9-7-15)21-25-20(29-26-21)14-28-19-5-3-2-4-18(19)22(27)24-17-10-12-23-13-11-17/h2-13H,14H2,1H3,(H,23,24,27). The Morgan fingerprint density at radius 1 is 1.03 bits per heavy atom. The summed E-state index contributed by atoms with van der Waals surface area (Å²) in [4.78, 5) is 20.9. The summed E-state index contributed by atoms with van der Waals surface area (Å²) in [6.07, 6.45) is 3.22. The van der Waals surface area contributed by atoms with Gasteiger partial charge in [0.05, 0.1) is 5.56 Å². The van der Waals surface area contributed by atoms with Gasteiger partial charge in [-0.15, -0.1) is 0 Å². The molecule has 7 heteroatoms. The molecule has 2 aromatic heterocycles. The Morgan fingerprint density at radius 3 is 2.59 bits per heavy atom. The van der Waals surface area contributed by atoms with Crippen molar-refractivity contribution < 1.29 is 14.1 Å². The second-order valence-corrected chi connectivity index (χ2v) is 6.35. The van der Waals surface area contributed by atoms with Gasteiger partial charge in [-0.1, -0.05) is 47.1 Å². The Morgan fingerprint density at radius 2 is 1.79 bits per heavy atom. The largest absolute Gasteiger partial charge is 0.483 e. The molecule has 0 aliphatic carbocycles. The number of nitrogens with zero attached hydrogens (tertiary/aromatic N) is 3. The smallest absolute Gasteiger partial charge is 0.264 e. The number of hydrogen-bond donors (Lipinski definition) is 1. The van der Waals surface area contributed by atoms with Crippen LogP contribution in [-0.2, 0) is 6.61 Å². The van der Waals surface area contributed by atoms with Gasteiger partial charge in [-0.3, -0.25) is 9.78 Å². The van der Waals surface area contributed by atoms with E-state index in [2.05, 4.69) is 20.4 Å². The van der Waals surface area contributed by atoms with Crippen LogP contribution in [0.1, 0.15) is 21.8 Å². The number of aromatic nitrogens is 3. The van der Waals surface area contributed by atoms with Crippen LogP contribution in [0.15, 0.2) is 77.6 Å². The number of pyridine rings is 1. The topological polar surface area (TPSA) is 90.1 Å². The first-order valence-electron chi connectivity index (χ1n) is 9.02. The fourth-order valence-electron chi connectivity index (χ4n) is 2.69. The second-order valence-electron chi connectivity index (χ2n) is 6.35. The number of carbonyl (C=O) groups is 1. The number of anilines is 1. The van der Waals surface area contributed by atoms with E-state index in [0.29, 0.717) is 28.7 Å². The van der Waals surface area contributed by atoms with Gasteiger partial charge in [-0.2, -0.15) is 4.98 Å². The van der Waals surface area contributed by atoms with Crippen molar-refractivity contribution in [2.24, 2.45) is 0 Å². The van der Waals surface area contributed by atoms with Crippen molar-refractivity contribution in [2.75, 3.05) is 5.32 Å². The van der Waals surface area contributed by atoms with Crippen LogP contribution in [-0.4, -0.2) is 21.0 Å². The first kappa shape index (κ1) is 18.4.